The van der Waals surface area contributed by atoms with Crippen molar-refractivity contribution in [2.45, 2.75) is 40.5 Å². The van der Waals surface area contributed by atoms with Crippen LogP contribution in [0.4, 0.5) is 5.69 Å². The van der Waals surface area contributed by atoms with Crippen molar-refractivity contribution < 1.29 is 9.59 Å². The molecule has 1 saturated heterocycles. The summed E-state index contributed by atoms with van der Waals surface area (Å²) in [7, 11) is 0. The van der Waals surface area contributed by atoms with Gasteiger partial charge in [-0.2, -0.15) is 5.26 Å². The minimum atomic E-state index is -0.349. The number of rotatable bonds is 4. The summed E-state index contributed by atoms with van der Waals surface area (Å²) in [5, 5.41) is 12.6. The molecular formula is C25H27ClN4O2. The standard InChI is InChI=1S/C25H27ClN4O2/c1-15(2)25(32)30-7-5-18(6-8-30)9-19-11-22(26)12-23(16(19)3)29-24(31)21-10-20(13-27)17(4)28-14-21/h9-12,14-15H,5-8H2,1-4H3,(H,29,31). The summed E-state index contributed by atoms with van der Waals surface area (Å²) in [5.74, 6) is -0.147. The SMILES string of the molecule is Cc1ncc(C(=O)Nc2cc(Cl)cc(C=C3CCN(C(=O)C(C)C)CC3)c2C)cc1C#N. The summed E-state index contributed by atoms with van der Waals surface area (Å²) >= 11 is 6.35. The van der Waals surface area contributed by atoms with E-state index in [9.17, 15) is 14.9 Å². The number of aromatic nitrogens is 1. The van der Waals surface area contributed by atoms with Gasteiger partial charge in [-0.1, -0.05) is 37.1 Å². The number of carbonyl (C=O) groups excluding carboxylic acids is 2. The maximum Gasteiger partial charge on any atom is 0.257 e. The van der Waals surface area contributed by atoms with E-state index in [1.54, 1.807) is 13.0 Å². The van der Waals surface area contributed by atoms with Crippen molar-refractivity contribution in [3.63, 3.8) is 0 Å². The average molecular weight is 451 g/mol. The van der Waals surface area contributed by atoms with Crippen LogP contribution in [-0.4, -0.2) is 34.8 Å². The first kappa shape index (κ1) is 23.5. The first-order valence-corrected chi connectivity index (χ1v) is 11.0. The fraction of sp³-hybridized carbons (Fsp3) is 0.360. The molecule has 0 bridgehead atoms. The average Bonchev–Trinajstić information content (AvgIpc) is 2.77. The highest BCUT2D eigenvalue weighted by Crippen LogP contribution is 2.29. The monoisotopic (exact) mass is 450 g/mol. The van der Waals surface area contributed by atoms with Crippen LogP contribution in [0.15, 0.2) is 30.0 Å². The Labute approximate surface area is 193 Å². The van der Waals surface area contributed by atoms with E-state index in [1.807, 2.05) is 37.8 Å². The number of nitriles is 1. The molecule has 0 saturated carbocycles. The first-order valence-electron chi connectivity index (χ1n) is 10.7. The van der Waals surface area contributed by atoms with E-state index >= 15 is 0 Å². The Kier molecular flexibility index (Phi) is 7.32. The van der Waals surface area contributed by atoms with Gasteiger partial charge in [0.2, 0.25) is 5.91 Å². The number of likely N-dealkylation sites (tertiary alicyclic amines) is 1. The molecule has 0 aliphatic carbocycles. The minimum Gasteiger partial charge on any atom is -0.342 e. The van der Waals surface area contributed by atoms with Gasteiger partial charge in [0.05, 0.1) is 16.8 Å². The number of pyridine rings is 1. The molecule has 1 aromatic heterocycles. The number of nitrogens with one attached hydrogen (secondary N) is 1. The number of hydrogen-bond donors (Lipinski definition) is 1. The summed E-state index contributed by atoms with van der Waals surface area (Å²) in [6.45, 7) is 8.94. The normalized spacial score (nSPS) is 13.7. The number of benzene rings is 1. The zero-order chi connectivity index (χ0) is 23.4. The van der Waals surface area contributed by atoms with Gasteiger partial charge < -0.3 is 10.2 Å². The van der Waals surface area contributed by atoms with Gasteiger partial charge >= 0.3 is 0 Å². The number of aryl methyl sites for hydroxylation is 1. The third-order valence-corrected chi connectivity index (χ3v) is 5.92. The largest absolute Gasteiger partial charge is 0.342 e. The van der Waals surface area contributed by atoms with Crippen LogP contribution >= 0.6 is 11.6 Å². The van der Waals surface area contributed by atoms with Gasteiger partial charge in [-0.25, -0.2) is 0 Å². The molecule has 7 heteroatoms. The molecule has 1 aliphatic rings. The molecule has 6 nitrogen and oxygen atoms in total. The van der Waals surface area contributed by atoms with Crippen molar-refractivity contribution in [3.8, 4) is 6.07 Å². The molecule has 32 heavy (non-hydrogen) atoms. The Morgan fingerprint density at radius 1 is 1.22 bits per heavy atom. The number of hydrogen-bond acceptors (Lipinski definition) is 4. The smallest absolute Gasteiger partial charge is 0.257 e. The minimum absolute atomic E-state index is 0.00911. The number of amides is 2. The Morgan fingerprint density at radius 2 is 1.91 bits per heavy atom. The van der Waals surface area contributed by atoms with Gasteiger partial charge in [0.25, 0.3) is 5.91 Å². The molecule has 2 amide bonds. The van der Waals surface area contributed by atoms with Crippen molar-refractivity contribution in [1.82, 2.24) is 9.88 Å². The van der Waals surface area contributed by atoms with E-state index in [1.165, 1.54) is 17.8 Å². The molecule has 0 spiro atoms. The van der Waals surface area contributed by atoms with Crippen LogP contribution in [0, 0.1) is 31.1 Å². The number of carbonyl (C=O) groups is 2. The van der Waals surface area contributed by atoms with E-state index in [2.05, 4.69) is 16.4 Å². The second-order valence-electron chi connectivity index (χ2n) is 8.37. The van der Waals surface area contributed by atoms with Crippen LogP contribution in [0.25, 0.3) is 6.08 Å². The van der Waals surface area contributed by atoms with Crippen molar-refractivity contribution in [2.24, 2.45) is 5.92 Å². The molecule has 3 rings (SSSR count). The summed E-state index contributed by atoms with van der Waals surface area (Å²) in [5.41, 5.74) is 4.96. The molecule has 166 valence electrons. The van der Waals surface area contributed by atoms with Gasteiger partial charge in [-0.3, -0.25) is 14.6 Å². The lowest BCUT2D eigenvalue weighted by Gasteiger charge is -2.30. The molecule has 1 aliphatic heterocycles. The van der Waals surface area contributed by atoms with Crippen LogP contribution in [-0.2, 0) is 4.79 Å². The van der Waals surface area contributed by atoms with E-state index in [0.29, 0.717) is 40.6 Å². The summed E-state index contributed by atoms with van der Waals surface area (Å²) in [6, 6.07) is 7.18. The fourth-order valence-corrected chi connectivity index (χ4v) is 3.92. The highest BCUT2D eigenvalue weighted by Gasteiger charge is 2.21. The second-order valence-corrected chi connectivity index (χ2v) is 8.81. The molecule has 0 radical (unpaired) electrons. The van der Waals surface area contributed by atoms with Gasteiger partial charge in [-0.15, -0.1) is 0 Å². The van der Waals surface area contributed by atoms with E-state index in [0.717, 1.165) is 24.0 Å². The summed E-state index contributed by atoms with van der Waals surface area (Å²) < 4.78 is 0. The zero-order valence-electron chi connectivity index (χ0n) is 18.8. The van der Waals surface area contributed by atoms with E-state index < -0.39 is 0 Å². The molecule has 2 aromatic rings. The van der Waals surface area contributed by atoms with Crippen LogP contribution < -0.4 is 5.32 Å². The number of nitrogens with zero attached hydrogens (tertiary/aromatic N) is 3. The zero-order valence-corrected chi connectivity index (χ0v) is 19.6. The molecule has 0 unspecified atom stereocenters. The van der Waals surface area contributed by atoms with Gasteiger partial charge in [0, 0.05) is 35.9 Å². The van der Waals surface area contributed by atoms with Crippen LogP contribution in [0.3, 0.4) is 0 Å². The first-order chi connectivity index (χ1) is 15.2. The highest BCUT2D eigenvalue weighted by atomic mass is 35.5. The summed E-state index contributed by atoms with van der Waals surface area (Å²) in [6.07, 6.45) is 5.20. The highest BCUT2D eigenvalue weighted by molar-refractivity contribution is 6.31. The number of anilines is 1. The maximum absolute atomic E-state index is 12.8. The maximum atomic E-state index is 12.8. The molecule has 1 aromatic carbocycles. The third-order valence-electron chi connectivity index (χ3n) is 5.70. The molecule has 1 fully saturated rings. The third kappa shape index (κ3) is 5.35. The van der Waals surface area contributed by atoms with Crippen LogP contribution in [0.2, 0.25) is 5.02 Å². The van der Waals surface area contributed by atoms with E-state index in [-0.39, 0.29) is 17.7 Å². The van der Waals surface area contributed by atoms with Gasteiger partial charge in [0.1, 0.15) is 6.07 Å². The second kappa shape index (κ2) is 9.97. The predicted molar refractivity (Wildman–Crippen MR) is 126 cm³/mol. The molecule has 0 atom stereocenters. The van der Waals surface area contributed by atoms with Crippen molar-refractivity contribution >= 4 is 35.2 Å². The van der Waals surface area contributed by atoms with Crippen molar-refractivity contribution in [1.29, 1.82) is 5.26 Å². The van der Waals surface area contributed by atoms with Crippen LogP contribution in [0.5, 0.6) is 0 Å². The predicted octanol–water partition coefficient (Wildman–Crippen LogP) is 5.14. The quantitative estimate of drug-likeness (QED) is 0.698. The number of piperidine rings is 1. The Hall–Kier alpha value is -3.17. The summed E-state index contributed by atoms with van der Waals surface area (Å²) in [4.78, 5) is 31.0. The molecular weight excluding hydrogens is 424 g/mol. The van der Waals surface area contributed by atoms with Crippen molar-refractivity contribution in [2.75, 3.05) is 18.4 Å². The fourth-order valence-electron chi connectivity index (χ4n) is 3.69. The topological polar surface area (TPSA) is 86.1 Å². The Bertz CT molecular complexity index is 1120. The van der Waals surface area contributed by atoms with E-state index in [4.69, 9.17) is 11.6 Å². The number of halogens is 1. The van der Waals surface area contributed by atoms with Crippen LogP contribution in [0.1, 0.15) is 59.4 Å². The van der Waals surface area contributed by atoms with Crippen molar-refractivity contribution in [3.05, 3.63) is 62.9 Å². The Balaban J connectivity index is 1.79. The lowest BCUT2D eigenvalue weighted by molar-refractivity contribution is -0.134. The molecule has 1 N–H and O–H groups in total. The van der Waals surface area contributed by atoms with Gasteiger partial charge in [-0.05, 0) is 56.0 Å². The lowest BCUT2D eigenvalue weighted by atomic mass is 9.97. The Morgan fingerprint density at radius 3 is 2.53 bits per heavy atom. The van der Waals surface area contributed by atoms with Gasteiger partial charge in [0.15, 0.2) is 0 Å². The lowest BCUT2D eigenvalue weighted by Crippen LogP contribution is -2.38. The molecule has 2 heterocycles.